The van der Waals surface area contributed by atoms with Gasteiger partial charge in [-0.25, -0.2) is 0 Å². The molecule has 0 bridgehead atoms. The van der Waals surface area contributed by atoms with Crippen molar-refractivity contribution in [1.82, 2.24) is 5.32 Å². The Labute approximate surface area is 97.8 Å². The maximum Gasteiger partial charge on any atom is 0.230 e. The fourth-order valence-corrected chi connectivity index (χ4v) is 1.62. The highest BCUT2D eigenvalue weighted by Crippen LogP contribution is 2.12. The van der Waals surface area contributed by atoms with E-state index in [-0.39, 0.29) is 28.8 Å². The van der Waals surface area contributed by atoms with Gasteiger partial charge < -0.3 is 11.1 Å². The van der Waals surface area contributed by atoms with Crippen LogP contribution in [-0.4, -0.2) is 16.9 Å². The molecule has 0 spiro atoms. The largest absolute Gasteiger partial charge is 0.393 e. The number of carbonyl (C=O) groups excluding carboxylic acids is 1. The number of nitrogens with two attached hydrogens (primary N) is 1. The predicted molar refractivity (Wildman–Crippen MR) is 67.6 cm³/mol. The summed E-state index contributed by atoms with van der Waals surface area (Å²) in [5, 5.41) is 2.94. The molecular weight excluding hydrogens is 208 g/mol. The van der Waals surface area contributed by atoms with Crippen molar-refractivity contribution in [3.63, 3.8) is 0 Å². The maximum atomic E-state index is 11.9. The highest BCUT2D eigenvalue weighted by atomic mass is 32.1. The molecule has 0 fully saturated rings. The zero-order valence-electron chi connectivity index (χ0n) is 10.2. The van der Waals surface area contributed by atoms with Gasteiger partial charge in [0.15, 0.2) is 0 Å². The summed E-state index contributed by atoms with van der Waals surface area (Å²) in [6.45, 7) is 10.0. The number of rotatable bonds is 5. The van der Waals surface area contributed by atoms with E-state index in [0.29, 0.717) is 5.92 Å². The first-order valence-electron chi connectivity index (χ1n) is 5.37. The fourth-order valence-electron chi connectivity index (χ4n) is 1.24. The van der Waals surface area contributed by atoms with Crippen molar-refractivity contribution in [2.24, 2.45) is 23.5 Å². The SMILES string of the molecule is CC(C)C(C)NC(=O)C(C(N)=S)C(C)C. The van der Waals surface area contributed by atoms with Crippen LogP contribution in [0.3, 0.4) is 0 Å². The monoisotopic (exact) mass is 230 g/mol. The molecule has 0 aliphatic carbocycles. The second kappa shape index (κ2) is 6.05. The molecule has 0 aromatic heterocycles. The van der Waals surface area contributed by atoms with Gasteiger partial charge in [0.1, 0.15) is 0 Å². The van der Waals surface area contributed by atoms with E-state index in [2.05, 4.69) is 19.2 Å². The van der Waals surface area contributed by atoms with Crippen molar-refractivity contribution in [3.05, 3.63) is 0 Å². The van der Waals surface area contributed by atoms with Gasteiger partial charge in [0.2, 0.25) is 5.91 Å². The van der Waals surface area contributed by atoms with Gasteiger partial charge in [0.05, 0.1) is 10.9 Å². The van der Waals surface area contributed by atoms with Crippen LogP contribution in [0.15, 0.2) is 0 Å². The second-order valence-electron chi connectivity index (χ2n) is 4.67. The Morgan fingerprint density at radius 3 is 1.87 bits per heavy atom. The van der Waals surface area contributed by atoms with E-state index >= 15 is 0 Å². The highest BCUT2D eigenvalue weighted by molar-refractivity contribution is 7.80. The fraction of sp³-hybridized carbons (Fsp3) is 0.818. The van der Waals surface area contributed by atoms with E-state index in [0.717, 1.165) is 0 Å². The third kappa shape index (κ3) is 4.60. The predicted octanol–water partition coefficient (Wildman–Crippen LogP) is 1.71. The summed E-state index contributed by atoms with van der Waals surface area (Å²) in [6, 6.07) is 0.146. The molecule has 0 radical (unpaired) electrons. The van der Waals surface area contributed by atoms with Crippen LogP contribution in [0.1, 0.15) is 34.6 Å². The van der Waals surface area contributed by atoms with Crippen molar-refractivity contribution < 1.29 is 4.79 Å². The molecule has 0 aromatic rings. The minimum atomic E-state index is -0.360. The lowest BCUT2D eigenvalue weighted by Crippen LogP contribution is -2.45. The molecular formula is C11H22N2OS. The van der Waals surface area contributed by atoms with Gasteiger partial charge in [-0.3, -0.25) is 4.79 Å². The van der Waals surface area contributed by atoms with Gasteiger partial charge in [-0.2, -0.15) is 0 Å². The molecule has 3 nitrogen and oxygen atoms in total. The summed E-state index contributed by atoms with van der Waals surface area (Å²) >= 11 is 4.90. The van der Waals surface area contributed by atoms with E-state index in [1.165, 1.54) is 0 Å². The van der Waals surface area contributed by atoms with Gasteiger partial charge in [-0.05, 0) is 18.8 Å². The van der Waals surface area contributed by atoms with E-state index in [1.54, 1.807) is 0 Å². The van der Waals surface area contributed by atoms with Gasteiger partial charge in [-0.15, -0.1) is 0 Å². The van der Waals surface area contributed by atoms with Crippen LogP contribution in [0.25, 0.3) is 0 Å². The number of hydrogen-bond acceptors (Lipinski definition) is 2. The second-order valence-corrected chi connectivity index (χ2v) is 5.14. The Bertz CT molecular complexity index is 239. The summed E-state index contributed by atoms with van der Waals surface area (Å²) in [6.07, 6.45) is 0. The number of hydrogen-bond donors (Lipinski definition) is 2. The molecule has 15 heavy (non-hydrogen) atoms. The van der Waals surface area contributed by atoms with Crippen LogP contribution in [0.4, 0.5) is 0 Å². The van der Waals surface area contributed by atoms with Gasteiger partial charge in [0.25, 0.3) is 0 Å². The van der Waals surface area contributed by atoms with Crippen LogP contribution < -0.4 is 11.1 Å². The number of amides is 1. The summed E-state index contributed by atoms with van der Waals surface area (Å²) < 4.78 is 0. The molecule has 2 atom stereocenters. The van der Waals surface area contributed by atoms with Crippen LogP contribution in [0, 0.1) is 17.8 Å². The Hall–Kier alpha value is -0.640. The first-order chi connectivity index (χ1) is 6.77. The van der Waals surface area contributed by atoms with Gasteiger partial charge in [0, 0.05) is 6.04 Å². The van der Waals surface area contributed by atoms with Crippen molar-refractivity contribution >= 4 is 23.1 Å². The lowest BCUT2D eigenvalue weighted by molar-refractivity contribution is -0.124. The summed E-state index contributed by atoms with van der Waals surface area (Å²) in [5.74, 6) is 0.134. The molecule has 0 saturated carbocycles. The molecule has 3 N–H and O–H groups in total. The molecule has 0 aliphatic heterocycles. The lowest BCUT2D eigenvalue weighted by Gasteiger charge is -2.23. The zero-order valence-corrected chi connectivity index (χ0v) is 11.0. The Balaban J connectivity index is 4.47. The molecule has 2 unspecified atom stereocenters. The molecule has 0 rings (SSSR count). The average Bonchev–Trinajstić information content (AvgIpc) is 2.01. The van der Waals surface area contributed by atoms with Crippen molar-refractivity contribution in [1.29, 1.82) is 0 Å². The molecule has 88 valence electrons. The summed E-state index contributed by atoms with van der Waals surface area (Å²) in [4.78, 5) is 12.1. The summed E-state index contributed by atoms with van der Waals surface area (Å²) in [5.41, 5.74) is 5.56. The van der Waals surface area contributed by atoms with Crippen LogP contribution >= 0.6 is 12.2 Å². The van der Waals surface area contributed by atoms with E-state index in [4.69, 9.17) is 18.0 Å². The number of carbonyl (C=O) groups is 1. The number of thiocarbonyl (C=S) groups is 1. The molecule has 0 heterocycles. The lowest BCUT2D eigenvalue weighted by atomic mass is 9.94. The normalized spacial score (nSPS) is 15.1. The van der Waals surface area contributed by atoms with Crippen LogP contribution in [-0.2, 0) is 4.79 Å². The first-order valence-corrected chi connectivity index (χ1v) is 5.77. The first kappa shape index (κ1) is 14.4. The minimum absolute atomic E-state index is 0.0568. The molecule has 1 amide bonds. The zero-order chi connectivity index (χ0) is 12.2. The van der Waals surface area contributed by atoms with E-state index in [1.807, 2.05) is 20.8 Å². The van der Waals surface area contributed by atoms with E-state index < -0.39 is 0 Å². The van der Waals surface area contributed by atoms with Crippen molar-refractivity contribution in [2.45, 2.75) is 40.7 Å². The quantitative estimate of drug-likeness (QED) is 0.707. The summed E-state index contributed by atoms with van der Waals surface area (Å²) in [7, 11) is 0. The topological polar surface area (TPSA) is 55.1 Å². The molecule has 0 aromatic carbocycles. The maximum absolute atomic E-state index is 11.9. The van der Waals surface area contributed by atoms with Gasteiger partial charge in [-0.1, -0.05) is 39.9 Å². The molecule has 0 aliphatic rings. The smallest absolute Gasteiger partial charge is 0.230 e. The van der Waals surface area contributed by atoms with Crippen molar-refractivity contribution in [2.75, 3.05) is 0 Å². The highest BCUT2D eigenvalue weighted by Gasteiger charge is 2.26. The third-order valence-electron chi connectivity index (χ3n) is 2.63. The third-order valence-corrected chi connectivity index (χ3v) is 2.88. The average molecular weight is 230 g/mol. The van der Waals surface area contributed by atoms with Crippen LogP contribution in [0.2, 0.25) is 0 Å². The minimum Gasteiger partial charge on any atom is -0.393 e. The van der Waals surface area contributed by atoms with E-state index in [9.17, 15) is 4.79 Å². The molecule has 0 saturated heterocycles. The van der Waals surface area contributed by atoms with Gasteiger partial charge >= 0.3 is 0 Å². The Morgan fingerprint density at radius 2 is 1.60 bits per heavy atom. The number of nitrogens with one attached hydrogen (secondary N) is 1. The Kier molecular flexibility index (Phi) is 5.80. The Morgan fingerprint density at radius 1 is 1.13 bits per heavy atom. The molecule has 4 heteroatoms. The van der Waals surface area contributed by atoms with Crippen molar-refractivity contribution in [3.8, 4) is 0 Å². The van der Waals surface area contributed by atoms with Crippen LogP contribution in [0.5, 0.6) is 0 Å². The standard InChI is InChI=1S/C11H22N2OS/c1-6(2)8(5)13-11(14)9(7(3)4)10(12)15/h6-9H,1-5H3,(H2,12,15)(H,13,14).